The molecular formula is C39H61N2O7. The number of amides is 1. The van der Waals surface area contributed by atoms with E-state index < -0.39 is 23.2 Å². The summed E-state index contributed by atoms with van der Waals surface area (Å²) >= 11 is 0. The van der Waals surface area contributed by atoms with E-state index in [4.69, 9.17) is 14.2 Å². The first-order valence-corrected chi connectivity index (χ1v) is 19.2. The van der Waals surface area contributed by atoms with Crippen molar-refractivity contribution in [2.45, 2.75) is 149 Å². The Hall–Kier alpha value is -0.810. The van der Waals surface area contributed by atoms with Gasteiger partial charge in [0.15, 0.2) is 6.29 Å². The molecule has 48 heavy (non-hydrogen) atoms. The van der Waals surface area contributed by atoms with Crippen LogP contribution in [0.2, 0.25) is 0 Å². The van der Waals surface area contributed by atoms with Gasteiger partial charge >= 0.3 is 0 Å². The van der Waals surface area contributed by atoms with Crippen molar-refractivity contribution in [3.05, 3.63) is 18.1 Å². The average Bonchev–Trinajstić information content (AvgIpc) is 3.66. The molecule has 9 nitrogen and oxygen atoms in total. The minimum Gasteiger partial charge on any atom is -0.389 e. The van der Waals surface area contributed by atoms with E-state index in [0.717, 1.165) is 64.1 Å². The smallest absolute Gasteiger partial charge is 0.237 e. The maximum absolute atomic E-state index is 12.6. The Morgan fingerprint density at radius 1 is 1.10 bits per heavy atom. The number of fused-ring (bicyclic) bond motifs is 4. The Morgan fingerprint density at radius 3 is 2.60 bits per heavy atom. The van der Waals surface area contributed by atoms with E-state index in [9.17, 15) is 20.1 Å². The van der Waals surface area contributed by atoms with Crippen LogP contribution in [-0.2, 0) is 19.0 Å². The fraction of sp³-hybridized carbons (Fsp3) is 0.897. The zero-order valence-corrected chi connectivity index (χ0v) is 30.4. The maximum atomic E-state index is 12.6. The highest BCUT2D eigenvalue weighted by molar-refractivity contribution is 5.82. The molecule has 1 amide bonds. The van der Waals surface area contributed by atoms with Crippen LogP contribution in [0.3, 0.4) is 0 Å². The number of hydrogen-bond donors (Lipinski definition) is 4. The third-order valence-corrected chi connectivity index (χ3v) is 16.0. The van der Waals surface area contributed by atoms with E-state index in [1.807, 2.05) is 0 Å². The fourth-order valence-corrected chi connectivity index (χ4v) is 13.5. The number of ether oxygens (including phenoxy) is 3. The summed E-state index contributed by atoms with van der Waals surface area (Å²) in [6, 6.07) is -0.0780. The van der Waals surface area contributed by atoms with Gasteiger partial charge in [-0.2, -0.15) is 0 Å². The number of hydrogen-bond acceptors (Lipinski definition) is 8. The second kappa shape index (κ2) is 11.1. The van der Waals surface area contributed by atoms with E-state index in [1.165, 1.54) is 12.8 Å². The van der Waals surface area contributed by atoms with Gasteiger partial charge < -0.3 is 34.8 Å². The van der Waals surface area contributed by atoms with Crippen LogP contribution in [-0.4, -0.2) is 88.6 Å². The molecular weight excluding hydrogens is 608 g/mol. The molecule has 3 radical (unpaired) electrons. The van der Waals surface area contributed by atoms with E-state index in [0.29, 0.717) is 31.6 Å². The molecule has 3 heterocycles. The Labute approximate surface area is 288 Å². The molecule has 2 spiro atoms. The highest BCUT2D eigenvalue weighted by Crippen LogP contribution is 2.90. The summed E-state index contributed by atoms with van der Waals surface area (Å²) in [7, 11) is 0. The number of nitrogens with zero attached hydrogens (tertiary/aromatic N) is 1. The number of aliphatic hydroxyl groups excluding tert-OH is 2. The number of carbonyl (C=O) groups is 1. The SMILES string of the molecule is C[C@@H]1C[C]([C@H](O)C(C)(C)O)O[C]2[C@H]1[C@@]1(C)CC[C@@]34C[C@@]35CCC(O[C@H]3CN(C6CCCNC6=O)CCO3)C(C)(C)[C@@H]5CC[C]4[C@]1(C)[C@H]2O. The standard InChI is InChI=1S/C39H61N2O7/c1-22-19-24(31(42)35(4,5)45)47-30-29(22)36(6)14-15-39-21-38(39)13-12-27(34(2,3)25(38)10-11-26(39)37(36,7)32(30)43)48-28-20-41(17-18-46-28)23-9-8-16-40-33(23)44/h22-23,25,27-29,31-32,42-43,45H,8-21H2,1-7H3,(H,40,44)/t22-,23?,25+,27?,28+,29+,31+,32+,36-,37-,38-,39+/m1/s1. The normalized spacial score (nSPS) is 50.4. The molecule has 2 unspecified atom stereocenters. The minimum atomic E-state index is -1.31. The molecule has 5 aliphatic carbocycles. The molecule has 5 saturated carbocycles. The van der Waals surface area contributed by atoms with E-state index in [2.05, 4.69) is 44.8 Å². The Bertz CT molecular complexity index is 1290. The Kier molecular flexibility index (Phi) is 7.93. The maximum Gasteiger partial charge on any atom is 0.237 e. The molecule has 8 rings (SSSR count). The number of aliphatic hydroxyl groups is 3. The number of morpholine rings is 1. The van der Waals surface area contributed by atoms with Gasteiger partial charge in [-0.3, -0.25) is 9.69 Å². The zero-order valence-electron chi connectivity index (χ0n) is 30.4. The van der Waals surface area contributed by atoms with E-state index in [1.54, 1.807) is 19.8 Å². The van der Waals surface area contributed by atoms with Gasteiger partial charge in [0, 0.05) is 24.4 Å². The van der Waals surface area contributed by atoms with Crippen LogP contribution < -0.4 is 5.32 Å². The minimum absolute atomic E-state index is 0.0193. The third kappa shape index (κ3) is 4.49. The molecule has 0 bridgehead atoms. The predicted molar refractivity (Wildman–Crippen MR) is 179 cm³/mol. The largest absolute Gasteiger partial charge is 0.389 e. The molecule has 12 atom stereocenters. The van der Waals surface area contributed by atoms with Crippen LogP contribution in [0.4, 0.5) is 0 Å². The molecule has 3 saturated heterocycles. The Balaban J connectivity index is 1.01. The molecule has 269 valence electrons. The highest BCUT2D eigenvalue weighted by atomic mass is 16.7. The van der Waals surface area contributed by atoms with Gasteiger partial charge in [0.25, 0.3) is 0 Å². The molecule has 8 aliphatic rings. The van der Waals surface area contributed by atoms with E-state index in [-0.39, 0.29) is 57.8 Å². The van der Waals surface area contributed by atoms with Crippen LogP contribution in [0.1, 0.15) is 113 Å². The van der Waals surface area contributed by atoms with Gasteiger partial charge in [0.05, 0.1) is 37.0 Å². The molecule has 0 aromatic rings. The lowest BCUT2D eigenvalue weighted by Gasteiger charge is -2.63. The van der Waals surface area contributed by atoms with Crippen molar-refractivity contribution in [1.29, 1.82) is 0 Å². The third-order valence-electron chi connectivity index (χ3n) is 16.0. The Morgan fingerprint density at radius 2 is 1.88 bits per heavy atom. The van der Waals surface area contributed by atoms with Gasteiger partial charge in [0.1, 0.15) is 18.3 Å². The topological polar surface area (TPSA) is 121 Å². The van der Waals surface area contributed by atoms with Crippen molar-refractivity contribution in [3.8, 4) is 0 Å². The van der Waals surface area contributed by atoms with Gasteiger partial charge in [-0.05, 0) is 117 Å². The summed E-state index contributed by atoms with van der Waals surface area (Å²) in [6.45, 7) is 17.9. The monoisotopic (exact) mass is 669 g/mol. The molecule has 8 fully saturated rings. The lowest BCUT2D eigenvalue weighted by molar-refractivity contribution is -0.245. The van der Waals surface area contributed by atoms with Crippen molar-refractivity contribution < 1.29 is 34.3 Å². The van der Waals surface area contributed by atoms with Crippen molar-refractivity contribution in [3.63, 3.8) is 0 Å². The number of carbonyl (C=O) groups excluding carboxylic acids is 1. The molecule has 0 aromatic carbocycles. The van der Waals surface area contributed by atoms with Crippen molar-refractivity contribution in [2.75, 3.05) is 26.2 Å². The summed E-state index contributed by atoms with van der Waals surface area (Å²) in [5, 5.41) is 37.0. The second-order valence-corrected chi connectivity index (χ2v) is 18.9. The summed E-state index contributed by atoms with van der Waals surface area (Å²) in [5.74, 6) is 2.58. The lowest BCUT2D eigenvalue weighted by Crippen LogP contribution is -2.60. The fourth-order valence-electron chi connectivity index (χ4n) is 13.5. The number of nitrogens with one attached hydrogen (secondary N) is 1. The number of rotatable bonds is 5. The van der Waals surface area contributed by atoms with Crippen molar-refractivity contribution in [2.24, 2.45) is 44.8 Å². The molecule has 4 N–H and O–H groups in total. The van der Waals surface area contributed by atoms with Crippen LogP contribution in [0.5, 0.6) is 0 Å². The van der Waals surface area contributed by atoms with Crippen LogP contribution in [0, 0.1) is 63.0 Å². The van der Waals surface area contributed by atoms with Gasteiger partial charge in [0.2, 0.25) is 5.91 Å². The van der Waals surface area contributed by atoms with Crippen LogP contribution in [0.25, 0.3) is 0 Å². The predicted octanol–water partition coefficient (Wildman–Crippen LogP) is 4.54. The summed E-state index contributed by atoms with van der Waals surface area (Å²) in [4.78, 5) is 14.9. The van der Waals surface area contributed by atoms with Crippen molar-refractivity contribution in [1.82, 2.24) is 10.2 Å². The second-order valence-electron chi connectivity index (χ2n) is 18.9. The van der Waals surface area contributed by atoms with Crippen LogP contribution >= 0.6 is 0 Å². The summed E-state index contributed by atoms with van der Waals surface area (Å²) in [5.41, 5.74) is -1.46. The first kappa shape index (κ1) is 34.3. The lowest BCUT2D eigenvalue weighted by atomic mass is 9.41. The van der Waals surface area contributed by atoms with Gasteiger partial charge in [-0.15, -0.1) is 0 Å². The summed E-state index contributed by atoms with van der Waals surface area (Å²) in [6.07, 6.45) is 9.40. The summed E-state index contributed by atoms with van der Waals surface area (Å²) < 4.78 is 19.6. The zero-order chi connectivity index (χ0) is 34.2. The first-order valence-electron chi connectivity index (χ1n) is 19.2. The van der Waals surface area contributed by atoms with Gasteiger partial charge in [-0.25, -0.2) is 0 Å². The van der Waals surface area contributed by atoms with E-state index >= 15 is 0 Å². The number of piperidine rings is 1. The van der Waals surface area contributed by atoms with Crippen LogP contribution in [0.15, 0.2) is 0 Å². The molecule has 9 heteroatoms. The average molecular weight is 670 g/mol. The van der Waals surface area contributed by atoms with Crippen molar-refractivity contribution >= 4 is 5.91 Å². The quantitative estimate of drug-likeness (QED) is 0.337. The highest BCUT2D eigenvalue weighted by Gasteiger charge is 2.85. The first-order chi connectivity index (χ1) is 22.5. The molecule has 0 aromatic heterocycles. The van der Waals surface area contributed by atoms with Gasteiger partial charge in [-0.1, -0.05) is 34.6 Å². The molecule has 3 aliphatic heterocycles.